The van der Waals surface area contributed by atoms with Gasteiger partial charge in [0.2, 0.25) is 0 Å². The summed E-state index contributed by atoms with van der Waals surface area (Å²) < 4.78 is 5.44. The lowest BCUT2D eigenvalue weighted by atomic mass is 9.97. The van der Waals surface area contributed by atoms with Gasteiger partial charge in [-0.15, -0.1) is 0 Å². The molecular weight excluding hydrogens is 314 g/mol. The van der Waals surface area contributed by atoms with Crippen LogP contribution in [-0.4, -0.2) is 87.4 Å². The molecule has 2 fully saturated rings. The van der Waals surface area contributed by atoms with Gasteiger partial charge in [0, 0.05) is 32.2 Å². The van der Waals surface area contributed by atoms with Crippen molar-refractivity contribution in [3.63, 3.8) is 0 Å². The number of hydrogen-bond donors (Lipinski definition) is 2. The first kappa shape index (κ1) is 20.5. The second kappa shape index (κ2) is 11.7. The van der Waals surface area contributed by atoms with Crippen LogP contribution >= 0.6 is 0 Å². The van der Waals surface area contributed by atoms with Gasteiger partial charge in [0.1, 0.15) is 0 Å². The van der Waals surface area contributed by atoms with Crippen LogP contribution in [0.1, 0.15) is 40.0 Å². The summed E-state index contributed by atoms with van der Waals surface area (Å²) >= 11 is 0. The first-order valence-corrected chi connectivity index (χ1v) is 10.3. The fourth-order valence-electron chi connectivity index (χ4n) is 3.67. The molecule has 6 heteroatoms. The molecule has 0 aromatic carbocycles. The normalized spacial score (nSPS) is 22.8. The van der Waals surface area contributed by atoms with Crippen molar-refractivity contribution in [1.29, 1.82) is 0 Å². The molecule has 0 saturated carbocycles. The van der Waals surface area contributed by atoms with E-state index in [-0.39, 0.29) is 0 Å². The van der Waals surface area contributed by atoms with Gasteiger partial charge in [-0.2, -0.15) is 0 Å². The number of rotatable bonds is 8. The second-order valence-electron chi connectivity index (χ2n) is 7.38. The largest absolute Gasteiger partial charge is 0.379 e. The summed E-state index contributed by atoms with van der Waals surface area (Å²) in [5.74, 6) is 1.74. The Morgan fingerprint density at radius 3 is 2.48 bits per heavy atom. The molecule has 2 aliphatic rings. The zero-order valence-corrected chi connectivity index (χ0v) is 16.6. The number of ether oxygens (including phenoxy) is 1. The molecule has 0 aliphatic carbocycles. The van der Waals surface area contributed by atoms with Crippen molar-refractivity contribution < 1.29 is 4.74 Å². The molecule has 2 aliphatic heterocycles. The first-order valence-electron chi connectivity index (χ1n) is 10.3. The molecule has 2 rings (SSSR count). The lowest BCUT2D eigenvalue weighted by Crippen LogP contribution is -2.45. The highest BCUT2D eigenvalue weighted by molar-refractivity contribution is 5.79. The second-order valence-corrected chi connectivity index (χ2v) is 7.38. The Bertz CT molecular complexity index is 376. The Kier molecular flexibility index (Phi) is 9.58. The van der Waals surface area contributed by atoms with Gasteiger partial charge in [0.25, 0.3) is 0 Å². The number of likely N-dealkylation sites (tertiary alicyclic amines) is 1. The lowest BCUT2D eigenvalue weighted by molar-refractivity contribution is 0.0220. The highest BCUT2D eigenvalue weighted by Gasteiger charge is 2.19. The maximum atomic E-state index is 5.44. The Labute approximate surface area is 154 Å². The van der Waals surface area contributed by atoms with Crippen molar-refractivity contribution in [2.75, 3.05) is 65.6 Å². The number of hydrogen-bond acceptors (Lipinski definition) is 4. The van der Waals surface area contributed by atoms with E-state index in [1.54, 1.807) is 0 Å². The summed E-state index contributed by atoms with van der Waals surface area (Å²) in [5, 5.41) is 6.97. The van der Waals surface area contributed by atoms with E-state index in [2.05, 4.69) is 41.2 Å². The van der Waals surface area contributed by atoms with Crippen molar-refractivity contribution in [3.8, 4) is 0 Å². The fraction of sp³-hybridized carbons (Fsp3) is 0.947. The monoisotopic (exact) mass is 353 g/mol. The van der Waals surface area contributed by atoms with Crippen LogP contribution in [0.4, 0.5) is 0 Å². The van der Waals surface area contributed by atoms with Crippen molar-refractivity contribution >= 4 is 5.96 Å². The number of aliphatic imine (C=N–C) groups is 1. The Balaban J connectivity index is 1.72. The van der Waals surface area contributed by atoms with Crippen molar-refractivity contribution in [3.05, 3.63) is 0 Å². The maximum Gasteiger partial charge on any atom is 0.191 e. The fourth-order valence-corrected chi connectivity index (χ4v) is 3.67. The topological polar surface area (TPSA) is 52.1 Å². The molecule has 146 valence electrons. The minimum Gasteiger partial charge on any atom is -0.379 e. The van der Waals surface area contributed by atoms with Crippen molar-refractivity contribution in [1.82, 2.24) is 20.4 Å². The van der Waals surface area contributed by atoms with Crippen LogP contribution in [0.25, 0.3) is 0 Å². The van der Waals surface area contributed by atoms with Crippen LogP contribution in [0.3, 0.4) is 0 Å². The van der Waals surface area contributed by atoms with Gasteiger partial charge >= 0.3 is 0 Å². The van der Waals surface area contributed by atoms with Crippen LogP contribution in [0, 0.1) is 5.92 Å². The van der Waals surface area contributed by atoms with Gasteiger partial charge in [-0.25, -0.2) is 0 Å². The van der Waals surface area contributed by atoms with E-state index in [1.807, 2.05) is 0 Å². The molecule has 0 radical (unpaired) electrons. The number of morpholine rings is 1. The molecule has 1 atom stereocenters. The minimum atomic E-state index is 0.469. The number of nitrogens with zero attached hydrogens (tertiary/aromatic N) is 3. The molecule has 25 heavy (non-hydrogen) atoms. The van der Waals surface area contributed by atoms with Crippen LogP contribution in [0.2, 0.25) is 0 Å². The van der Waals surface area contributed by atoms with Gasteiger partial charge in [-0.3, -0.25) is 9.89 Å². The average molecular weight is 354 g/mol. The molecule has 0 bridgehead atoms. The third-order valence-corrected chi connectivity index (χ3v) is 5.33. The summed E-state index contributed by atoms with van der Waals surface area (Å²) in [7, 11) is 0. The maximum absolute atomic E-state index is 5.44. The van der Waals surface area contributed by atoms with Crippen LogP contribution < -0.4 is 10.6 Å². The zero-order chi connectivity index (χ0) is 17.9. The van der Waals surface area contributed by atoms with E-state index in [9.17, 15) is 0 Å². The van der Waals surface area contributed by atoms with Crippen LogP contribution in [-0.2, 0) is 4.74 Å². The summed E-state index contributed by atoms with van der Waals surface area (Å²) in [5.41, 5.74) is 0. The van der Waals surface area contributed by atoms with Crippen molar-refractivity contribution in [2.45, 2.75) is 46.1 Å². The highest BCUT2D eigenvalue weighted by atomic mass is 16.5. The van der Waals surface area contributed by atoms with Gasteiger partial charge in [-0.05, 0) is 58.7 Å². The SMILES string of the molecule is CCCN1CCC(CNC(=NCC(C)N2CCOCC2)NCC)CC1. The third kappa shape index (κ3) is 7.50. The number of guanidine groups is 1. The molecule has 0 aromatic rings. The summed E-state index contributed by atoms with van der Waals surface area (Å²) in [6, 6.07) is 0.469. The Hall–Kier alpha value is -0.850. The average Bonchev–Trinajstić information content (AvgIpc) is 2.66. The van der Waals surface area contributed by atoms with E-state index in [4.69, 9.17) is 9.73 Å². The van der Waals surface area contributed by atoms with Gasteiger partial charge < -0.3 is 20.3 Å². The summed E-state index contributed by atoms with van der Waals surface area (Å²) in [6.45, 7) is 17.0. The molecule has 2 N–H and O–H groups in total. The van der Waals surface area contributed by atoms with Gasteiger partial charge in [0.15, 0.2) is 5.96 Å². The first-order chi connectivity index (χ1) is 12.2. The van der Waals surface area contributed by atoms with E-state index in [1.165, 1.54) is 38.9 Å². The predicted molar refractivity (Wildman–Crippen MR) is 105 cm³/mol. The molecular formula is C19H39N5O. The van der Waals surface area contributed by atoms with Crippen LogP contribution in [0.15, 0.2) is 4.99 Å². The third-order valence-electron chi connectivity index (χ3n) is 5.33. The predicted octanol–water partition coefficient (Wildman–Crippen LogP) is 1.38. The van der Waals surface area contributed by atoms with E-state index >= 15 is 0 Å². The standard InChI is InChI=1S/C19H39N5O/c1-4-8-23-9-6-18(7-10-23)16-22-19(20-5-2)21-15-17(3)24-11-13-25-14-12-24/h17-18H,4-16H2,1-3H3,(H2,20,21,22). The van der Waals surface area contributed by atoms with E-state index < -0.39 is 0 Å². The Morgan fingerprint density at radius 1 is 1.12 bits per heavy atom. The molecule has 6 nitrogen and oxygen atoms in total. The molecule has 0 spiro atoms. The zero-order valence-electron chi connectivity index (χ0n) is 16.6. The number of piperidine rings is 1. The lowest BCUT2D eigenvalue weighted by Gasteiger charge is -2.32. The van der Waals surface area contributed by atoms with E-state index in [0.717, 1.165) is 57.8 Å². The molecule has 1 unspecified atom stereocenters. The summed E-state index contributed by atoms with van der Waals surface area (Å²) in [6.07, 6.45) is 3.87. The summed E-state index contributed by atoms with van der Waals surface area (Å²) in [4.78, 5) is 9.89. The molecule has 0 amide bonds. The van der Waals surface area contributed by atoms with Crippen molar-refractivity contribution in [2.24, 2.45) is 10.9 Å². The highest BCUT2D eigenvalue weighted by Crippen LogP contribution is 2.16. The molecule has 0 aromatic heterocycles. The van der Waals surface area contributed by atoms with Gasteiger partial charge in [-0.1, -0.05) is 6.92 Å². The molecule has 2 saturated heterocycles. The number of nitrogens with one attached hydrogen (secondary N) is 2. The smallest absolute Gasteiger partial charge is 0.191 e. The molecule has 2 heterocycles. The van der Waals surface area contributed by atoms with Gasteiger partial charge in [0.05, 0.1) is 19.8 Å². The van der Waals surface area contributed by atoms with E-state index in [0.29, 0.717) is 6.04 Å². The Morgan fingerprint density at radius 2 is 1.84 bits per heavy atom. The van der Waals surface area contributed by atoms with Crippen LogP contribution in [0.5, 0.6) is 0 Å². The quantitative estimate of drug-likeness (QED) is 0.510. The minimum absolute atomic E-state index is 0.469.